The normalized spacial score (nSPS) is 11.9. The van der Waals surface area contributed by atoms with Gasteiger partial charge in [0, 0.05) is 25.9 Å². The van der Waals surface area contributed by atoms with Gasteiger partial charge in [-0.3, -0.25) is 9.78 Å². The van der Waals surface area contributed by atoms with Crippen LogP contribution in [-0.4, -0.2) is 35.3 Å². The monoisotopic (exact) mass is 318 g/mol. The largest absolute Gasteiger partial charge is 0.459 e. The molecule has 1 N–H and O–H groups in total. The molecule has 0 saturated heterocycles. The summed E-state index contributed by atoms with van der Waals surface area (Å²) in [6.45, 7) is 0.430. The molecule has 1 aromatic carbocycles. The van der Waals surface area contributed by atoms with Gasteiger partial charge in [-0.15, -0.1) is 0 Å². The maximum atomic E-state index is 11.9. The highest BCUT2D eigenvalue weighted by Crippen LogP contribution is 2.05. The van der Waals surface area contributed by atoms with Crippen molar-refractivity contribution in [3.8, 4) is 0 Å². The van der Waals surface area contributed by atoms with Crippen LogP contribution in [-0.2, 0) is 16.0 Å². The second kappa shape index (κ2) is 8.09. The van der Waals surface area contributed by atoms with Crippen LogP contribution >= 0.6 is 0 Å². The molecule has 2 aromatic rings. The Bertz CT molecular complexity index is 751. The predicted octanol–water partition coefficient (Wildman–Crippen LogP) is 0.799. The van der Waals surface area contributed by atoms with Crippen molar-refractivity contribution >= 4 is 5.97 Å². The predicted molar refractivity (Wildman–Crippen MR) is 83.5 cm³/mol. The van der Waals surface area contributed by atoms with Crippen molar-refractivity contribution in [2.24, 2.45) is 0 Å². The van der Waals surface area contributed by atoms with E-state index in [1.807, 2.05) is 6.07 Å². The van der Waals surface area contributed by atoms with Crippen molar-refractivity contribution in [1.29, 1.82) is 0 Å². The average molecular weight is 318 g/mol. The van der Waals surface area contributed by atoms with E-state index in [2.05, 4.69) is 4.98 Å². The lowest BCUT2D eigenvalue weighted by Crippen LogP contribution is -2.31. The lowest BCUT2D eigenvalue weighted by molar-refractivity contribution is 0.00650. The Kier molecular flexibility index (Phi) is 5.87. The number of carbonyl (C=O) groups is 1. The SMILES string of the molecule is COC(CCn1ccc(=O)[nH]c1=O)COC(=O)c1ccccc1. The number of methoxy groups -OCH3 is 1. The molecule has 7 heteroatoms. The van der Waals surface area contributed by atoms with Gasteiger partial charge >= 0.3 is 11.7 Å². The van der Waals surface area contributed by atoms with E-state index in [1.165, 1.54) is 23.9 Å². The highest BCUT2D eigenvalue weighted by molar-refractivity contribution is 5.89. The van der Waals surface area contributed by atoms with Crippen molar-refractivity contribution in [2.75, 3.05) is 13.7 Å². The van der Waals surface area contributed by atoms with Crippen molar-refractivity contribution in [2.45, 2.75) is 19.1 Å². The van der Waals surface area contributed by atoms with Gasteiger partial charge in [0.25, 0.3) is 5.56 Å². The van der Waals surface area contributed by atoms with Gasteiger partial charge < -0.3 is 14.0 Å². The molecule has 0 spiro atoms. The van der Waals surface area contributed by atoms with E-state index in [0.29, 0.717) is 18.5 Å². The summed E-state index contributed by atoms with van der Waals surface area (Å²) in [6, 6.07) is 9.95. The number of esters is 1. The fourth-order valence-corrected chi connectivity index (χ4v) is 2.00. The van der Waals surface area contributed by atoms with Gasteiger partial charge in [0.15, 0.2) is 0 Å². The Hall–Kier alpha value is -2.67. The number of ether oxygens (including phenoxy) is 2. The molecule has 122 valence electrons. The molecular weight excluding hydrogens is 300 g/mol. The van der Waals surface area contributed by atoms with E-state index in [-0.39, 0.29) is 12.7 Å². The van der Waals surface area contributed by atoms with E-state index in [9.17, 15) is 14.4 Å². The molecule has 1 heterocycles. The Balaban J connectivity index is 1.87. The zero-order valence-corrected chi connectivity index (χ0v) is 12.7. The number of carbonyl (C=O) groups excluding carboxylic acids is 1. The highest BCUT2D eigenvalue weighted by atomic mass is 16.6. The Morgan fingerprint density at radius 1 is 1.22 bits per heavy atom. The van der Waals surface area contributed by atoms with Crippen LogP contribution in [0.25, 0.3) is 0 Å². The fourth-order valence-electron chi connectivity index (χ4n) is 2.00. The number of nitrogens with zero attached hydrogens (tertiary/aromatic N) is 1. The molecule has 0 amide bonds. The zero-order valence-electron chi connectivity index (χ0n) is 12.7. The number of nitrogens with one attached hydrogen (secondary N) is 1. The van der Waals surface area contributed by atoms with Crippen LogP contribution in [0.2, 0.25) is 0 Å². The van der Waals surface area contributed by atoms with Gasteiger partial charge in [-0.05, 0) is 18.6 Å². The third kappa shape index (κ3) is 4.93. The molecule has 0 fully saturated rings. The number of aromatic nitrogens is 2. The van der Waals surface area contributed by atoms with Crippen molar-refractivity contribution in [1.82, 2.24) is 9.55 Å². The molecule has 1 atom stereocenters. The van der Waals surface area contributed by atoms with Gasteiger partial charge in [0.2, 0.25) is 0 Å². The van der Waals surface area contributed by atoms with Gasteiger partial charge in [-0.2, -0.15) is 0 Å². The van der Waals surface area contributed by atoms with Gasteiger partial charge in [-0.1, -0.05) is 18.2 Å². The van der Waals surface area contributed by atoms with E-state index in [1.54, 1.807) is 24.3 Å². The summed E-state index contributed by atoms with van der Waals surface area (Å²) in [6.07, 6.45) is 1.54. The zero-order chi connectivity index (χ0) is 16.7. The molecule has 1 unspecified atom stereocenters. The number of aryl methyl sites for hydroxylation is 1. The van der Waals surface area contributed by atoms with Crippen molar-refractivity contribution < 1.29 is 14.3 Å². The summed E-state index contributed by atoms with van der Waals surface area (Å²) < 4.78 is 11.8. The van der Waals surface area contributed by atoms with E-state index >= 15 is 0 Å². The molecule has 2 rings (SSSR count). The van der Waals surface area contributed by atoms with E-state index in [0.717, 1.165) is 0 Å². The third-order valence-electron chi connectivity index (χ3n) is 3.33. The highest BCUT2D eigenvalue weighted by Gasteiger charge is 2.13. The van der Waals surface area contributed by atoms with Crippen LogP contribution in [0, 0.1) is 0 Å². The number of H-pyrrole nitrogens is 1. The molecule has 0 aliphatic heterocycles. The minimum atomic E-state index is -0.478. The number of benzene rings is 1. The Labute approximate surface area is 132 Å². The standard InChI is InChI=1S/C16H18N2O5/c1-22-13(7-9-18-10-8-14(19)17-16(18)21)11-23-15(20)12-5-3-2-4-6-12/h2-6,8,10,13H,7,9,11H2,1H3,(H,17,19,21). The summed E-state index contributed by atoms with van der Waals surface area (Å²) in [5, 5.41) is 0. The Morgan fingerprint density at radius 3 is 2.61 bits per heavy atom. The van der Waals surface area contributed by atoms with Crippen LogP contribution in [0.3, 0.4) is 0 Å². The summed E-state index contributed by atoms with van der Waals surface area (Å²) in [5.41, 5.74) is -0.445. The summed E-state index contributed by atoms with van der Waals surface area (Å²) in [5.74, 6) is -0.422. The summed E-state index contributed by atoms with van der Waals surface area (Å²) >= 11 is 0. The first-order valence-corrected chi connectivity index (χ1v) is 7.15. The minimum Gasteiger partial charge on any atom is -0.459 e. The average Bonchev–Trinajstić information content (AvgIpc) is 2.57. The lowest BCUT2D eigenvalue weighted by atomic mass is 10.2. The van der Waals surface area contributed by atoms with Gasteiger partial charge in [-0.25, -0.2) is 9.59 Å². The summed E-state index contributed by atoms with van der Waals surface area (Å²) in [7, 11) is 1.51. The molecular formula is C16H18N2O5. The molecule has 0 radical (unpaired) electrons. The summed E-state index contributed by atoms with van der Waals surface area (Å²) in [4.78, 5) is 36.6. The maximum Gasteiger partial charge on any atom is 0.338 e. The smallest absolute Gasteiger partial charge is 0.338 e. The van der Waals surface area contributed by atoms with Gasteiger partial charge in [0.1, 0.15) is 6.61 Å². The molecule has 0 aliphatic carbocycles. The Morgan fingerprint density at radius 2 is 1.96 bits per heavy atom. The first-order chi connectivity index (χ1) is 11.1. The quantitative estimate of drug-likeness (QED) is 0.763. The first-order valence-electron chi connectivity index (χ1n) is 7.15. The topological polar surface area (TPSA) is 90.4 Å². The van der Waals surface area contributed by atoms with Crippen LogP contribution in [0.15, 0.2) is 52.2 Å². The number of rotatable bonds is 7. The van der Waals surface area contributed by atoms with E-state index < -0.39 is 17.2 Å². The van der Waals surface area contributed by atoms with E-state index in [4.69, 9.17) is 9.47 Å². The van der Waals surface area contributed by atoms with Crippen LogP contribution < -0.4 is 11.2 Å². The fraction of sp³-hybridized carbons (Fsp3) is 0.312. The maximum absolute atomic E-state index is 11.9. The molecule has 0 bridgehead atoms. The van der Waals surface area contributed by atoms with Gasteiger partial charge in [0.05, 0.1) is 11.7 Å². The third-order valence-corrected chi connectivity index (χ3v) is 3.33. The number of hydrogen-bond acceptors (Lipinski definition) is 5. The minimum absolute atomic E-state index is 0.0856. The second-order valence-corrected chi connectivity index (χ2v) is 4.91. The molecule has 0 saturated carbocycles. The lowest BCUT2D eigenvalue weighted by Gasteiger charge is -2.16. The first kappa shape index (κ1) is 16.7. The number of aromatic amines is 1. The molecule has 7 nitrogen and oxygen atoms in total. The molecule has 1 aromatic heterocycles. The molecule has 23 heavy (non-hydrogen) atoms. The molecule has 0 aliphatic rings. The van der Waals surface area contributed by atoms with Crippen LogP contribution in [0.4, 0.5) is 0 Å². The van der Waals surface area contributed by atoms with Crippen LogP contribution in [0.5, 0.6) is 0 Å². The van der Waals surface area contributed by atoms with Crippen molar-refractivity contribution in [3.05, 3.63) is 69.0 Å². The van der Waals surface area contributed by atoms with Crippen LogP contribution in [0.1, 0.15) is 16.8 Å². The number of hydrogen-bond donors (Lipinski definition) is 1. The van der Waals surface area contributed by atoms with Crippen molar-refractivity contribution in [3.63, 3.8) is 0 Å². The second-order valence-electron chi connectivity index (χ2n) is 4.91.